The standard InChI is InChI=1S/C10H6Br2F3N3/c11-4-7-5-18(17-16-7)9-2-1-6(12)3-8(9)10(13,14)15/h1-3,5H,4H2. The van der Waals surface area contributed by atoms with E-state index in [4.69, 9.17) is 0 Å². The highest BCUT2D eigenvalue weighted by molar-refractivity contribution is 9.10. The van der Waals surface area contributed by atoms with E-state index in [0.717, 1.165) is 10.7 Å². The molecular formula is C10H6Br2F3N3. The van der Waals surface area contributed by atoms with E-state index in [0.29, 0.717) is 15.5 Å². The van der Waals surface area contributed by atoms with Crippen molar-refractivity contribution < 1.29 is 13.2 Å². The first-order valence-corrected chi connectivity index (χ1v) is 6.67. The zero-order valence-electron chi connectivity index (χ0n) is 8.75. The van der Waals surface area contributed by atoms with Crippen molar-refractivity contribution in [2.24, 2.45) is 0 Å². The van der Waals surface area contributed by atoms with E-state index in [9.17, 15) is 13.2 Å². The fourth-order valence-corrected chi connectivity index (χ4v) is 2.03. The fraction of sp³-hybridized carbons (Fsp3) is 0.200. The molecule has 0 saturated carbocycles. The van der Waals surface area contributed by atoms with E-state index in [1.54, 1.807) is 0 Å². The molecule has 0 aliphatic carbocycles. The molecule has 0 atom stereocenters. The molecule has 0 N–H and O–H groups in total. The van der Waals surface area contributed by atoms with Crippen molar-refractivity contribution in [3.05, 3.63) is 40.1 Å². The predicted molar refractivity (Wildman–Crippen MR) is 66.7 cm³/mol. The Bertz CT molecular complexity index is 566. The number of hydrogen-bond donors (Lipinski definition) is 0. The van der Waals surface area contributed by atoms with Gasteiger partial charge in [-0.3, -0.25) is 0 Å². The maximum Gasteiger partial charge on any atom is 0.418 e. The summed E-state index contributed by atoms with van der Waals surface area (Å²) in [7, 11) is 0. The van der Waals surface area contributed by atoms with Crippen LogP contribution in [0.2, 0.25) is 0 Å². The maximum absolute atomic E-state index is 12.9. The molecule has 0 unspecified atom stereocenters. The molecule has 0 saturated heterocycles. The van der Waals surface area contributed by atoms with Crippen LogP contribution < -0.4 is 0 Å². The number of hydrogen-bond acceptors (Lipinski definition) is 2. The van der Waals surface area contributed by atoms with Gasteiger partial charge in [0.25, 0.3) is 0 Å². The van der Waals surface area contributed by atoms with Crippen molar-refractivity contribution in [2.45, 2.75) is 11.5 Å². The number of aromatic nitrogens is 3. The van der Waals surface area contributed by atoms with E-state index >= 15 is 0 Å². The molecule has 2 aromatic rings. The summed E-state index contributed by atoms with van der Waals surface area (Å²) in [5, 5.41) is 7.86. The molecule has 2 rings (SSSR count). The maximum atomic E-state index is 12.9. The number of halogens is 5. The Balaban J connectivity index is 2.56. The molecule has 0 radical (unpaired) electrons. The van der Waals surface area contributed by atoms with Gasteiger partial charge in [-0.1, -0.05) is 37.1 Å². The summed E-state index contributed by atoms with van der Waals surface area (Å²) >= 11 is 6.19. The lowest BCUT2D eigenvalue weighted by molar-refractivity contribution is -0.137. The van der Waals surface area contributed by atoms with Crippen LogP contribution >= 0.6 is 31.9 Å². The van der Waals surface area contributed by atoms with Crippen LogP contribution in [0.3, 0.4) is 0 Å². The van der Waals surface area contributed by atoms with Gasteiger partial charge in [-0.25, -0.2) is 4.68 Å². The number of rotatable bonds is 2. The zero-order valence-corrected chi connectivity index (χ0v) is 11.9. The fourth-order valence-electron chi connectivity index (χ4n) is 1.41. The third kappa shape index (κ3) is 2.74. The largest absolute Gasteiger partial charge is 0.418 e. The molecule has 0 bridgehead atoms. The average Bonchev–Trinajstić information content (AvgIpc) is 2.76. The van der Waals surface area contributed by atoms with Gasteiger partial charge in [0.05, 0.1) is 23.1 Å². The van der Waals surface area contributed by atoms with Crippen LogP contribution in [0.5, 0.6) is 0 Å². The molecule has 0 fully saturated rings. The highest BCUT2D eigenvalue weighted by Gasteiger charge is 2.34. The molecule has 3 nitrogen and oxygen atoms in total. The second-order valence-electron chi connectivity index (χ2n) is 3.45. The molecule has 1 aromatic carbocycles. The average molecular weight is 385 g/mol. The summed E-state index contributed by atoms with van der Waals surface area (Å²) in [4.78, 5) is 0. The molecule has 0 spiro atoms. The smallest absolute Gasteiger partial charge is 0.220 e. The third-order valence-corrected chi connectivity index (χ3v) is 3.26. The van der Waals surface area contributed by atoms with Crippen molar-refractivity contribution in [2.75, 3.05) is 0 Å². The zero-order chi connectivity index (χ0) is 13.3. The number of benzene rings is 1. The minimum Gasteiger partial charge on any atom is -0.220 e. The van der Waals surface area contributed by atoms with Gasteiger partial charge in [-0.05, 0) is 18.2 Å². The highest BCUT2D eigenvalue weighted by Crippen LogP contribution is 2.35. The Morgan fingerprint density at radius 3 is 2.56 bits per heavy atom. The summed E-state index contributed by atoms with van der Waals surface area (Å²) in [6.07, 6.45) is -2.99. The first-order chi connectivity index (χ1) is 8.41. The van der Waals surface area contributed by atoms with Crippen molar-refractivity contribution in [1.29, 1.82) is 0 Å². The van der Waals surface area contributed by atoms with Gasteiger partial charge >= 0.3 is 6.18 Å². The van der Waals surface area contributed by atoms with Crippen LogP contribution in [0.25, 0.3) is 5.69 Å². The van der Waals surface area contributed by atoms with E-state index < -0.39 is 11.7 Å². The van der Waals surface area contributed by atoms with Crippen LogP contribution in [-0.4, -0.2) is 15.0 Å². The van der Waals surface area contributed by atoms with Gasteiger partial charge in [-0.15, -0.1) is 5.10 Å². The Hall–Kier alpha value is -0.890. The van der Waals surface area contributed by atoms with Crippen molar-refractivity contribution in [3.8, 4) is 5.69 Å². The highest BCUT2D eigenvalue weighted by atomic mass is 79.9. The van der Waals surface area contributed by atoms with Crippen molar-refractivity contribution >= 4 is 31.9 Å². The molecule has 1 aromatic heterocycles. The van der Waals surface area contributed by atoms with Crippen molar-refractivity contribution in [3.63, 3.8) is 0 Å². The topological polar surface area (TPSA) is 30.7 Å². The summed E-state index contributed by atoms with van der Waals surface area (Å²) in [5.74, 6) is 0. The SMILES string of the molecule is FC(F)(F)c1cc(Br)ccc1-n1cc(CBr)nn1. The monoisotopic (exact) mass is 383 g/mol. The van der Waals surface area contributed by atoms with Gasteiger partial charge in [0.2, 0.25) is 0 Å². The minimum absolute atomic E-state index is 0.0506. The van der Waals surface area contributed by atoms with Crippen LogP contribution in [-0.2, 0) is 11.5 Å². The van der Waals surface area contributed by atoms with Crippen LogP contribution in [0.4, 0.5) is 13.2 Å². The van der Waals surface area contributed by atoms with Gasteiger partial charge in [0.1, 0.15) is 0 Å². The summed E-state index contributed by atoms with van der Waals surface area (Å²) in [6.45, 7) is 0. The quantitative estimate of drug-likeness (QED) is 0.734. The molecule has 1 heterocycles. The normalized spacial score (nSPS) is 11.8. The van der Waals surface area contributed by atoms with E-state index in [-0.39, 0.29) is 5.69 Å². The number of nitrogens with zero attached hydrogens (tertiary/aromatic N) is 3. The van der Waals surface area contributed by atoms with Crippen LogP contribution in [0, 0.1) is 0 Å². The molecule has 0 aliphatic heterocycles. The third-order valence-electron chi connectivity index (χ3n) is 2.19. The Labute approximate surface area is 117 Å². The molecule has 0 aliphatic rings. The second kappa shape index (κ2) is 5.00. The molecule has 0 amide bonds. The van der Waals surface area contributed by atoms with Gasteiger partial charge in [-0.2, -0.15) is 13.2 Å². The predicted octanol–water partition coefficient (Wildman–Crippen LogP) is 3.94. The molecule has 8 heteroatoms. The van der Waals surface area contributed by atoms with Gasteiger partial charge in [0.15, 0.2) is 0 Å². The first kappa shape index (κ1) is 13.5. The Kier molecular flexibility index (Phi) is 3.76. The van der Waals surface area contributed by atoms with Crippen molar-refractivity contribution in [1.82, 2.24) is 15.0 Å². The first-order valence-electron chi connectivity index (χ1n) is 4.76. The number of alkyl halides is 4. The lowest BCUT2D eigenvalue weighted by atomic mass is 10.1. The Morgan fingerprint density at radius 1 is 1.28 bits per heavy atom. The van der Waals surface area contributed by atoms with E-state index in [1.165, 1.54) is 18.3 Å². The summed E-state index contributed by atoms with van der Waals surface area (Å²) < 4.78 is 40.2. The lowest BCUT2D eigenvalue weighted by Gasteiger charge is -2.12. The Morgan fingerprint density at radius 2 is 2.00 bits per heavy atom. The summed E-state index contributed by atoms with van der Waals surface area (Å²) in [6, 6.07) is 3.89. The van der Waals surface area contributed by atoms with E-state index in [1.807, 2.05) is 0 Å². The van der Waals surface area contributed by atoms with Gasteiger partial charge in [0, 0.05) is 9.80 Å². The van der Waals surface area contributed by atoms with Crippen LogP contribution in [0.15, 0.2) is 28.9 Å². The van der Waals surface area contributed by atoms with Crippen LogP contribution in [0.1, 0.15) is 11.3 Å². The van der Waals surface area contributed by atoms with Gasteiger partial charge < -0.3 is 0 Å². The summed E-state index contributed by atoms with van der Waals surface area (Å²) in [5.41, 5.74) is -0.251. The molecular weight excluding hydrogens is 379 g/mol. The second-order valence-corrected chi connectivity index (χ2v) is 4.92. The molecule has 18 heavy (non-hydrogen) atoms. The van der Waals surface area contributed by atoms with E-state index in [2.05, 4.69) is 42.2 Å². The molecule has 96 valence electrons. The minimum atomic E-state index is -4.44. The lowest BCUT2D eigenvalue weighted by Crippen LogP contribution is -2.11.